The van der Waals surface area contributed by atoms with Crippen LogP contribution in [-0.2, 0) is 4.79 Å². The molecule has 1 heterocycles. The first-order valence-electron chi connectivity index (χ1n) is 10.9. The molecule has 0 aromatic heterocycles. The largest absolute Gasteiger partial charge is 0.353 e. The number of aryl methyl sites for hydroxylation is 1. The molecule has 31 heavy (non-hydrogen) atoms. The van der Waals surface area contributed by atoms with Crippen molar-refractivity contribution in [3.05, 3.63) is 65.2 Å². The first-order valence-corrected chi connectivity index (χ1v) is 10.9. The van der Waals surface area contributed by atoms with Crippen LogP contribution < -0.4 is 10.6 Å². The number of piperidine rings is 1. The monoisotopic (exact) mass is 421 g/mol. The molecule has 1 aliphatic rings. The fourth-order valence-electron chi connectivity index (χ4n) is 3.59. The van der Waals surface area contributed by atoms with E-state index in [1.54, 1.807) is 41.3 Å². The van der Waals surface area contributed by atoms with Crippen molar-refractivity contribution < 1.29 is 14.4 Å². The molecule has 0 spiro atoms. The van der Waals surface area contributed by atoms with Crippen LogP contribution in [0.15, 0.2) is 48.5 Å². The van der Waals surface area contributed by atoms with E-state index in [1.807, 2.05) is 32.9 Å². The first kappa shape index (κ1) is 22.5. The Kier molecular flexibility index (Phi) is 7.45. The molecule has 2 N–H and O–H groups in total. The van der Waals surface area contributed by atoms with Gasteiger partial charge in [-0.15, -0.1) is 0 Å². The minimum absolute atomic E-state index is 0.0302. The average Bonchev–Trinajstić information content (AvgIpc) is 2.79. The molecule has 2 aromatic rings. The Morgan fingerprint density at radius 2 is 1.55 bits per heavy atom. The lowest BCUT2D eigenvalue weighted by Crippen LogP contribution is -2.44. The number of likely N-dealkylation sites (tertiary alicyclic amines) is 1. The molecule has 3 amide bonds. The van der Waals surface area contributed by atoms with E-state index < -0.39 is 0 Å². The number of nitrogens with zero attached hydrogens (tertiary/aromatic N) is 1. The highest BCUT2D eigenvalue weighted by Crippen LogP contribution is 2.20. The number of amides is 3. The predicted molar refractivity (Wildman–Crippen MR) is 122 cm³/mol. The van der Waals surface area contributed by atoms with Gasteiger partial charge in [-0.2, -0.15) is 0 Å². The van der Waals surface area contributed by atoms with Gasteiger partial charge in [0.1, 0.15) is 0 Å². The molecule has 0 aliphatic carbocycles. The lowest BCUT2D eigenvalue weighted by molar-refractivity contribution is -0.126. The van der Waals surface area contributed by atoms with Crippen molar-refractivity contribution in [2.45, 2.75) is 46.1 Å². The van der Waals surface area contributed by atoms with E-state index in [9.17, 15) is 14.4 Å². The zero-order chi connectivity index (χ0) is 22.4. The van der Waals surface area contributed by atoms with E-state index in [2.05, 4.69) is 10.6 Å². The van der Waals surface area contributed by atoms with Gasteiger partial charge in [0.2, 0.25) is 5.91 Å². The quantitative estimate of drug-likeness (QED) is 0.740. The summed E-state index contributed by atoms with van der Waals surface area (Å²) < 4.78 is 0. The standard InChI is InChI=1S/C25H31N3O3/c1-4-18(3)26-23(29)20-13-15-28(16-14-20)25(31)21-9-11-22(12-10-21)27-24(30)19-7-5-17(2)6-8-19/h5-12,18,20H,4,13-16H2,1-3H3,(H,26,29)(H,27,30)/t18-/m1/s1. The molecule has 2 aromatic carbocycles. The van der Waals surface area contributed by atoms with E-state index in [4.69, 9.17) is 0 Å². The Morgan fingerprint density at radius 1 is 0.968 bits per heavy atom. The zero-order valence-electron chi connectivity index (χ0n) is 18.5. The third-order valence-corrected chi connectivity index (χ3v) is 5.86. The minimum Gasteiger partial charge on any atom is -0.353 e. The lowest BCUT2D eigenvalue weighted by atomic mass is 9.95. The van der Waals surface area contributed by atoms with Crippen molar-refractivity contribution in [1.82, 2.24) is 10.2 Å². The Bertz CT molecular complexity index is 914. The predicted octanol–water partition coefficient (Wildman–Crippen LogP) is 4.01. The molecule has 0 radical (unpaired) electrons. The van der Waals surface area contributed by atoms with E-state index in [-0.39, 0.29) is 29.7 Å². The summed E-state index contributed by atoms with van der Waals surface area (Å²) >= 11 is 0. The van der Waals surface area contributed by atoms with Crippen LogP contribution in [0.1, 0.15) is 59.4 Å². The van der Waals surface area contributed by atoms with Crippen molar-refractivity contribution in [1.29, 1.82) is 0 Å². The molecule has 1 aliphatic heterocycles. The van der Waals surface area contributed by atoms with Gasteiger partial charge in [0, 0.05) is 41.9 Å². The highest BCUT2D eigenvalue weighted by molar-refractivity contribution is 6.04. The summed E-state index contributed by atoms with van der Waals surface area (Å²) in [5.74, 6) is -0.165. The van der Waals surface area contributed by atoms with Gasteiger partial charge in [-0.3, -0.25) is 14.4 Å². The number of hydrogen-bond acceptors (Lipinski definition) is 3. The second-order valence-corrected chi connectivity index (χ2v) is 8.28. The number of anilines is 1. The van der Waals surface area contributed by atoms with Crippen molar-refractivity contribution in [2.24, 2.45) is 5.92 Å². The van der Waals surface area contributed by atoms with Crippen LogP contribution in [0.5, 0.6) is 0 Å². The van der Waals surface area contributed by atoms with Crippen LogP contribution in [0.3, 0.4) is 0 Å². The molecule has 0 unspecified atom stereocenters. The van der Waals surface area contributed by atoms with Crippen molar-refractivity contribution in [3.63, 3.8) is 0 Å². The van der Waals surface area contributed by atoms with Crippen LogP contribution >= 0.6 is 0 Å². The molecule has 1 atom stereocenters. The average molecular weight is 422 g/mol. The summed E-state index contributed by atoms with van der Waals surface area (Å²) in [5.41, 5.74) is 2.91. The number of nitrogens with one attached hydrogen (secondary N) is 2. The van der Waals surface area contributed by atoms with Gasteiger partial charge in [0.05, 0.1) is 0 Å². The molecule has 6 nitrogen and oxygen atoms in total. The van der Waals surface area contributed by atoms with E-state index >= 15 is 0 Å². The van der Waals surface area contributed by atoms with Crippen LogP contribution in [-0.4, -0.2) is 41.8 Å². The number of rotatable bonds is 6. The summed E-state index contributed by atoms with van der Waals surface area (Å²) in [4.78, 5) is 39.3. The molecule has 0 bridgehead atoms. The molecule has 0 saturated carbocycles. The van der Waals surface area contributed by atoms with E-state index in [0.29, 0.717) is 42.7 Å². The van der Waals surface area contributed by atoms with Gasteiger partial charge in [-0.05, 0) is 69.5 Å². The van der Waals surface area contributed by atoms with Gasteiger partial charge in [0.15, 0.2) is 0 Å². The summed E-state index contributed by atoms with van der Waals surface area (Å²) in [6, 6.07) is 14.5. The van der Waals surface area contributed by atoms with Crippen LogP contribution in [0, 0.1) is 12.8 Å². The molecular weight excluding hydrogens is 390 g/mol. The molecule has 164 valence electrons. The van der Waals surface area contributed by atoms with Crippen LogP contribution in [0.2, 0.25) is 0 Å². The molecule has 3 rings (SSSR count). The van der Waals surface area contributed by atoms with Crippen molar-refractivity contribution in [2.75, 3.05) is 18.4 Å². The summed E-state index contributed by atoms with van der Waals surface area (Å²) in [5, 5.41) is 5.89. The maximum Gasteiger partial charge on any atom is 0.255 e. The lowest BCUT2D eigenvalue weighted by Gasteiger charge is -2.32. The second-order valence-electron chi connectivity index (χ2n) is 8.28. The SMILES string of the molecule is CC[C@@H](C)NC(=O)C1CCN(C(=O)c2ccc(NC(=O)c3ccc(C)cc3)cc2)CC1. The normalized spacial score (nSPS) is 15.3. The summed E-state index contributed by atoms with van der Waals surface area (Å²) in [7, 11) is 0. The van der Waals surface area contributed by atoms with Crippen LogP contribution in [0.4, 0.5) is 5.69 Å². The number of carbonyl (C=O) groups is 3. The first-order chi connectivity index (χ1) is 14.9. The van der Waals surface area contributed by atoms with Gasteiger partial charge >= 0.3 is 0 Å². The van der Waals surface area contributed by atoms with Gasteiger partial charge < -0.3 is 15.5 Å². The Morgan fingerprint density at radius 3 is 2.13 bits per heavy atom. The van der Waals surface area contributed by atoms with Gasteiger partial charge in [0.25, 0.3) is 11.8 Å². The van der Waals surface area contributed by atoms with Gasteiger partial charge in [-0.1, -0.05) is 24.6 Å². The number of benzene rings is 2. The maximum absolute atomic E-state index is 12.8. The Hall–Kier alpha value is -3.15. The molecule has 6 heteroatoms. The highest BCUT2D eigenvalue weighted by Gasteiger charge is 2.28. The third kappa shape index (κ3) is 5.94. The van der Waals surface area contributed by atoms with Gasteiger partial charge in [-0.25, -0.2) is 0 Å². The topological polar surface area (TPSA) is 78.5 Å². The Labute approximate surface area is 184 Å². The van der Waals surface area contributed by atoms with Crippen LogP contribution in [0.25, 0.3) is 0 Å². The number of hydrogen-bond donors (Lipinski definition) is 2. The van der Waals surface area contributed by atoms with Crippen molar-refractivity contribution in [3.8, 4) is 0 Å². The smallest absolute Gasteiger partial charge is 0.255 e. The molecule has 1 saturated heterocycles. The zero-order valence-corrected chi connectivity index (χ0v) is 18.5. The van der Waals surface area contributed by atoms with E-state index in [0.717, 1.165) is 12.0 Å². The minimum atomic E-state index is -0.184. The fraction of sp³-hybridized carbons (Fsp3) is 0.400. The van der Waals surface area contributed by atoms with Crippen molar-refractivity contribution >= 4 is 23.4 Å². The summed E-state index contributed by atoms with van der Waals surface area (Å²) in [6.07, 6.45) is 2.27. The Balaban J connectivity index is 1.53. The van der Waals surface area contributed by atoms with E-state index in [1.165, 1.54) is 0 Å². The third-order valence-electron chi connectivity index (χ3n) is 5.86. The second kappa shape index (κ2) is 10.2. The maximum atomic E-state index is 12.8. The molecule has 1 fully saturated rings. The molecular formula is C25H31N3O3. The fourth-order valence-corrected chi connectivity index (χ4v) is 3.59. The number of carbonyl (C=O) groups excluding carboxylic acids is 3. The highest BCUT2D eigenvalue weighted by atomic mass is 16.2. The summed E-state index contributed by atoms with van der Waals surface area (Å²) in [6.45, 7) is 7.17.